The Morgan fingerprint density at radius 3 is 2.69 bits per heavy atom. The van der Waals surface area contributed by atoms with Gasteiger partial charge in [-0.15, -0.1) is 11.3 Å². The number of hydrogen-bond acceptors (Lipinski definition) is 6. The molecule has 0 saturated carbocycles. The lowest BCUT2D eigenvalue weighted by molar-refractivity contribution is 0.0551. The van der Waals surface area contributed by atoms with Gasteiger partial charge in [-0.25, -0.2) is 9.97 Å². The first kappa shape index (κ1) is 16.9. The molecule has 2 aromatic heterocycles. The molecular formula is C19H20N4O2S. The molecule has 3 heterocycles. The van der Waals surface area contributed by atoms with Gasteiger partial charge in [-0.1, -0.05) is 17.7 Å². The molecule has 1 aliphatic heterocycles. The Hall–Kier alpha value is -2.51. The van der Waals surface area contributed by atoms with Crippen LogP contribution >= 0.6 is 11.3 Å². The molecule has 1 saturated heterocycles. The predicted octanol–water partition coefficient (Wildman–Crippen LogP) is 3.34. The molecular weight excluding hydrogens is 348 g/mol. The summed E-state index contributed by atoms with van der Waals surface area (Å²) in [6.45, 7) is 3.23. The zero-order valence-corrected chi connectivity index (χ0v) is 15.3. The van der Waals surface area contributed by atoms with E-state index in [0.717, 1.165) is 15.9 Å². The second-order valence-corrected chi connectivity index (χ2v) is 7.60. The first-order valence-electron chi connectivity index (χ1n) is 8.66. The van der Waals surface area contributed by atoms with Gasteiger partial charge in [-0.3, -0.25) is 4.79 Å². The van der Waals surface area contributed by atoms with Crippen LogP contribution in [0.2, 0.25) is 0 Å². The van der Waals surface area contributed by atoms with Crippen molar-refractivity contribution in [2.24, 2.45) is 0 Å². The van der Waals surface area contributed by atoms with Gasteiger partial charge in [0.05, 0.1) is 16.4 Å². The topological polar surface area (TPSA) is 78.4 Å². The van der Waals surface area contributed by atoms with Crippen molar-refractivity contribution in [3.63, 3.8) is 0 Å². The van der Waals surface area contributed by atoms with Gasteiger partial charge in [-0.05, 0) is 38.0 Å². The molecule has 0 unspecified atom stereocenters. The van der Waals surface area contributed by atoms with Crippen LogP contribution in [0.5, 0.6) is 0 Å². The molecule has 0 bridgehead atoms. The molecule has 1 fully saturated rings. The number of aliphatic hydroxyl groups excluding tert-OH is 1. The summed E-state index contributed by atoms with van der Waals surface area (Å²) in [5, 5.41) is 13.8. The van der Waals surface area contributed by atoms with Gasteiger partial charge < -0.3 is 15.3 Å². The number of benzene rings is 1. The molecule has 26 heavy (non-hydrogen) atoms. The van der Waals surface area contributed by atoms with Crippen molar-refractivity contribution in [3.05, 3.63) is 47.1 Å². The average Bonchev–Trinajstić information content (AvgIpc) is 3.09. The van der Waals surface area contributed by atoms with E-state index >= 15 is 0 Å². The number of aryl methyl sites for hydroxylation is 1. The second kappa shape index (κ2) is 7.01. The molecule has 6 nitrogen and oxygen atoms in total. The van der Waals surface area contributed by atoms with Crippen LogP contribution in [0.25, 0.3) is 10.2 Å². The predicted molar refractivity (Wildman–Crippen MR) is 103 cm³/mol. The summed E-state index contributed by atoms with van der Waals surface area (Å²) in [6, 6.07) is 9.94. The molecule has 3 aromatic rings. The van der Waals surface area contributed by atoms with Crippen LogP contribution in [-0.2, 0) is 0 Å². The Balaban J connectivity index is 1.60. The van der Waals surface area contributed by atoms with Crippen LogP contribution in [0.3, 0.4) is 0 Å². The number of fused-ring (bicyclic) bond motifs is 1. The normalized spacial score (nSPS) is 15.4. The van der Waals surface area contributed by atoms with Crippen LogP contribution in [0.1, 0.15) is 28.1 Å². The summed E-state index contributed by atoms with van der Waals surface area (Å²) in [7, 11) is 0. The number of thiophene rings is 1. The molecule has 0 spiro atoms. The summed E-state index contributed by atoms with van der Waals surface area (Å²) < 4.78 is 0. The summed E-state index contributed by atoms with van der Waals surface area (Å²) in [5.41, 5.74) is 2.14. The fourth-order valence-corrected chi connectivity index (χ4v) is 4.03. The van der Waals surface area contributed by atoms with E-state index in [1.165, 1.54) is 23.2 Å². The van der Waals surface area contributed by atoms with Crippen molar-refractivity contribution in [2.75, 3.05) is 18.4 Å². The molecule has 1 aromatic carbocycles. The van der Waals surface area contributed by atoms with Crippen LogP contribution in [0, 0.1) is 6.92 Å². The lowest BCUT2D eigenvalue weighted by Gasteiger charge is -2.29. The van der Waals surface area contributed by atoms with Crippen LogP contribution in [-0.4, -0.2) is 45.1 Å². The van der Waals surface area contributed by atoms with E-state index in [2.05, 4.69) is 15.3 Å². The Kier molecular flexibility index (Phi) is 4.57. The van der Waals surface area contributed by atoms with Crippen molar-refractivity contribution in [1.82, 2.24) is 14.9 Å². The van der Waals surface area contributed by atoms with Crippen molar-refractivity contribution in [3.8, 4) is 0 Å². The van der Waals surface area contributed by atoms with Crippen LogP contribution in [0.15, 0.2) is 36.7 Å². The molecule has 0 radical (unpaired) electrons. The second-order valence-electron chi connectivity index (χ2n) is 6.57. The van der Waals surface area contributed by atoms with Crippen molar-refractivity contribution < 1.29 is 9.90 Å². The summed E-state index contributed by atoms with van der Waals surface area (Å²) >= 11 is 1.38. The number of piperidine rings is 1. The van der Waals surface area contributed by atoms with E-state index in [-0.39, 0.29) is 12.0 Å². The zero-order valence-electron chi connectivity index (χ0n) is 14.5. The van der Waals surface area contributed by atoms with Gasteiger partial charge in [-0.2, -0.15) is 0 Å². The minimum atomic E-state index is -0.294. The molecule has 0 atom stereocenters. The van der Waals surface area contributed by atoms with Gasteiger partial charge in [0.1, 0.15) is 17.0 Å². The van der Waals surface area contributed by atoms with Gasteiger partial charge in [0.2, 0.25) is 0 Å². The van der Waals surface area contributed by atoms with Gasteiger partial charge in [0.25, 0.3) is 5.91 Å². The van der Waals surface area contributed by atoms with Crippen LogP contribution < -0.4 is 5.32 Å². The Morgan fingerprint density at radius 1 is 1.23 bits per heavy atom. The highest BCUT2D eigenvalue weighted by Crippen LogP contribution is 2.31. The number of anilines is 2. The maximum absolute atomic E-state index is 12.8. The molecule has 4 rings (SSSR count). The number of aromatic nitrogens is 2. The fourth-order valence-electron chi connectivity index (χ4n) is 3.06. The Morgan fingerprint density at radius 2 is 1.96 bits per heavy atom. The summed E-state index contributed by atoms with van der Waals surface area (Å²) in [5.74, 6) is 0.699. The Bertz CT molecular complexity index is 930. The third kappa shape index (κ3) is 3.40. The lowest BCUT2D eigenvalue weighted by atomic mass is 10.1. The highest BCUT2D eigenvalue weighted by molar-refractivity contribution is 7.20. The monoisotopic (exact) mass is 368 g/mol. The highest BCUT2D eigenvalue weighted by atomic mass is 32.1. The minimum Gasteiger partial charge on any atom is -0.393 e. The molecule has 0 aliphatic carbocycles. The standard InChI is InChI=1S/C19H20N4O2S/c1-12-2-4-13(5-3-12)22-17-15-10-16(26-18(15)21-11-20-17)19(25)23-8-6-14(24)7-9-23/h2-5,10-11,14,24H,6-9H2,1H3,(H,20,21,22). The first-order chi connectivity index (χ1) is 12.6. The van der Waals surface area contributed by atoms with Gasteiger partial charge in [0, 0.05) is 18.8 Å². The first-order valence-corrected chi connectivity index (χ1v) is 9.47. The quantitative estimate of drug-likeness (QED) is 0.741. The number of likely N-dealkylation sites (tertiary alicyclic amines) is 1. The van der Waals surface area contributed by atoms with Crippen molar-refractivity contribution in [1.29, 1.82) is 0 Å². The highest BCUT2D eigenvalue weighted by Gasteiger charge is 2.24. The number of hydrogen-bond donors (Lipinski definition) is 2. The number of carbonyl (C=O) groups excluding carboxylic acids is 1. The fraction of sp³-hybridized carbons (Fsp3) is 0.316. The van der Waals surface area contributed by atoms with Crippen molar-refractivity contribution in [2.45, 2.75) is 25.9 Å². The molecule has 1 amide bonds. The maximum Gasteiger partial charge on any atom is 0.264 e. The number of nitrogens with one attached hydrogen (secondary N) is 1. The van der Waals surface area contributed by atoms with E-state index in [9.17, 15) is 9.90 Å². The van der Waals surface area contributed by atoms with E-state index < -0.39 is 0 Å². The minimum absolute atomic E-state index is 0.00110. The lowest BCUT2D eigenvalue weighted by Crippen LogP contribution is -2.39. The molecule has 7 heteroatoms. The van der Waals surface area contributed by atoms with E-state index in [4.69, 9.17) is 0 Å². The van der Waals surface area contributed by atoms with Crippen LogP contribution in [0.4, 0.5) is 11.5 Å². The molecule has 1 aliphatic rings. The molecule has 2 N–H and O–H groups in total. The number of aliphatic hydroxyl groups is 1. The third-order valence-electron chi connectivity index (χ3n) is 4.61. The zero-order chi connectivity index (χ0) is 18.1. The van der Waals surface area contributed by atoms with E-state index in [1.807, 2.05) is 37.3 Å². The largest absolute Gasteiger partial charge is 0.393 e. The smallest absolute Gasteiger partial charge is 0.264 e. The summed E-state index contributed by atoms with van der Waals surface area (Å²) in [6.07, 6.45) is 2.49. The van der Waals surface area contributed by atoms with Crippen molar-refractivity contribution >= 4 is 39.0 Å². The average molecular weight is 368 g/mol. The maximum atomic E-state index is 12.8. The Labute approximate surface area is 155 Å². The van der Waals surface area contributed by atoms with Gasteiger partial charge >= 0.3 is 0 Å². The van der Waals surface area contributed by atoms with E-state index in [0.29, 0.717) is 36.6 Å². The summed E-state index contributed by atoms with van der Waals surface area (Å²) in [4.78, 5) is 24.7. The van der Waals surface area contributed by atoms with E-state index in [1.54, 1.807) is 4.90 Å². The van der Waals surface area contributed by atoms with Gasteiger partial charge in [0.15, 0.2) is 0 Å². The number of rotatable bonds is 3. The number of amides is 1. The number of carbonyl (C=O) groups is 1. The third-order valence-corrected chi connectivity index (χ3v) is 5.64. The SMILES string of the molecule is Cc1ccc(Nc2ncnc3sc(C(=O)N4CCC(O)CC4)cc23)cc1. The number of nitrogens with zero attached hydrogens (tertiary/aromatic N) is 3. The molecule has 134 valence electrons.